The number of hydrogen-bond donors (Lipinski definition) is 6. The number of aliphatic hydroxyl groups is 1. The number of carbonyl (C=O) groups excluding carboxylic acids is 5. The predicted octanol–water partition coefficient (Wildman–Crippen LogP) is 2.85. The second-order valence-electron chi connectivity index (χ2n) is 8.90. The molecule has 13 nitrogen and oxygen atoms in total. The third-order valence-electron chi connectivity index (χ3n) is 6.23. The van der Waals surface area contributed by atoms with E-state index in [9.17, 15) is 33.9 Å². The zero-order valence-electron chi connectivity index (χ0n) is 23.4. The van der Waals surface area contributed by atoms with Crippen molar-refractivity contribution in [3.63, 3.8) is 0 Å². The Balaban J connectivity index is 2.50. The molecule has 0 saturated carbocycles. The van der Waals surface area contributed by atoms with Crippen LogP contribution in [-0.2, 0) is 9.59 Å². The molecule has 6 N–H and O–H groups in total. The number of rotatable bonds is 10. The quantitative estimate of drug-likeness (QED) is 0.196. The van der Waals surface area contributed by atoms with Crippen LogP contribution in [0.1, 0.15) is 59.5 Å². The van der Waals surface area contributed by atoms with Gasteiger partial charge in [-0.15, -0.1) is 0 Å². The topological polar surface area (TPSA) is 194 Å². The molecule has 0 aromatic heterocycles. The first kappa shape index (κ1) is 37.3. The van der Waals surface area contributed by atoms with Gasteiger partial charge in [-0.2, -0.15) is 0 Å². The number of aromatic carboxylic acids is 1. The fraction of sp³-hybridized carbons (Fsp3) is 0.308. The molecule has 2 aromatic rings. The van der Waals surface area contributed by atoms with Crippen LogP contribution in [0.4, 0.5) is 11.4 Å². The van der Waals surface area contributed by atoms with Crippen LogP contribution in [0.2, 0.25) is 0 Å². The summed E-state index contributed by atoms with van der Waals surface area (Å²) in [6, 6.07) is 0. The molecular weight excluding hydrogens is 1020 g/mol. The van der Waals surface area contributed by atoms with E-state index in [0.717, 1.165) is 0 Å². The van der Waals surface area contributed by atoms with Crippen LogP contribution in [0, 0.1) is 28.1 Å². The Morgan fingerprint density at radius 3 is 1.81 bits per heavy atom. The Morgan fingerprint density at radius 1 is 0.767 bits per heavy atom. The second-order valence-corrected chi connectivity index (χ2v) is 13.2. The van der Waals surface area contributed by atoms with E-state index in [4.69, 9.17) is 5.11 Å². The number of carbonyl (C=O) groups is 6. The average Bonchev–Trinajstić information content (AvgIpc) is 2.92. The number of amides is 5. The Labute approximate surface area is 301 Å². The third-order valence-corrected chi connectivity index (χ3v) is 10.5. The minimum atomic E-state index is -1.31. The van der Waals surface area contributed by atoms with Crippen molar-refractivity contribution in [3.05, 3.63) is 47.7 Å². The van der Waals surface area contributed by atoms with Gasteiger partial charge in [-0.25, -0.2) is 4.79 Å². The van der Waals surface area contributed by atoms with Crippen LogP contribution in [0.15, 0.2) is 0 Å². The SMILES string of the molecule is CNC(=O)c1c(I)c(C(=O)NCC(=O)Nc2c(C)c(C(=O)NCCO)c(I)c(C(=O)O)c2I)c(C)c(N(C)C(C)=O)c1I. The first-order valence-corrected chi connectivity index (χ1v) is 16.5. The fourth-order valence-corrected chi connectivity index (χ4v) is 9.70. The summed E-state index contributed by atoms with van der Waals surface area (Å²) in [6.07, 6.45) is 0. The molecule has 0 bridgehead atoms. The molecule has 2 aromatic carbocycles. The van der Waals surface area contributed by atoms with E-state index in [1.54, 1.807) is 59.0 Å². The molecule has 0 aliphatic rings. The maximum absolute atomic E-state index is 13.4. The van der Waals surface area contributed by atoms with Crippen LogP contribution in [0.3, 0.4) is 0 Å². The molecule has 0 unspecified atom stereocenters. The summed E-state index contributed by atoms with van der Waals surface area (Å²) in [5, 5.41) is 29.1. The Bertz CT molecular complexity index is 1550. The largest absolute Gasteiger partial charge is 0.478 e. The van der Waals surface area contributed by atoms with Crippen LogP contribution in [0.5, 0.6) is 0 Å². The molecule has 2 rings (SSSR count). The lowest BCUT2D eigenvalue weighted by Crippen LogP contribution is -2.36. The first-order chi connectivity index (χ1) is 20.0. The normalized spacial score (nSPS) is 10.6. The number of anilines is 2. The molecule has 0 radical (unpaired) electrons. The molecule has 0 heterocycles. The predicted molar refractivity (Wildman–Crippen MR) is 193 cm³/mol. The van der Waals surface area contributed by atoms with Crippen LogP contribution < -0.4 is 26.2 Å². The van der Waals surface area contributed by atoms with E-state index in [1.807, 2.05) is 45.2 Å². The Morgan fingerprint density at radius 2 is 1.30 bits per heavy atom. The monoisotopic (exact) mass is 1040 g/mol. The molecular formula is C26H27I4N5O8. The molecule has 5 amide bonds. The van der Waals surface area contributed by atoms with Crippen molar-refractivity contribution in [2.75, 3.05) is 44.0 Å². The van der Waals surface area contributed by atoms with Gasteiger partial charge in [0, 0.05) is 34.7 Å². The van der Waals surface area contributed by atoms with Gasteiger partial charge in [0.1, 0.15) is 0 Å². The van der Waals surface area contributed by atoms with Crippen molar-refractivity contribution in [1.29, 1.82) is 0 Å². The molecule has 0 atom stereocenters. The van der Waals surface area contributed by atoms with Crippen LogP contribution in [0.25, 0.3) is 0 Å². The number of nitrogens with one attached hydrogen (secondary N) is 4. The van der Waals surface area contributed by atoms with Crippen molar-refractivity contribution in [1.82, 2.24) is 16.0 Å². The molecule has 0 aliphatic heterocycles. The number of carboxylic acid groups (broad SMARTS) is 1. The summed E-state index contributed by atoms with van der Waals surface area (Å²) >= 11 is 7.35. The third kappa shape index (κ3) is 8.06. The van der Waals surface area contributed by atoms with E-state index in [0.29, 0.717) is 24.0 Å². The van der Waals surface area contributed by atoms with E-state index in [1.165, 1.54) is 25.9 Å². The highest BCUT2D eigenvalue weighted by Gasteiger charge is 2.30. The number of hydrogen-bond acceptors (Lipinski definition) is 7. The van der Waals surface area contributed by atoms with Crippen molar-refractivity contribution < 1.29 is 39.0 Å². The average molecular weight is 1050 g/mol. The van der Waals surface area contributed by atoms with Gasteiger partial charge in [0.15, 0.2) is 0 Å². The number of carboxylic acids is 1. The molecule has 0 saturated heterocycles. The van der Waals surface area contributed by atoms with Crippen LogP contribution in [-0.4, -0.2) is 79.5 Å². The lowest BCUT2D eigenvalue weighted by Gasteiger charge is -2.25. The smallest absolute Gasteiger partial charge is 0.337 e. The zero-order valence-corrected chi connectivity index (χ0v) is 32.1. The second kappa shape index (κ2) is 15.9. The number of halogens is 4. The highest BCUT2D eigenvalue weighted by atomic mass is 127. The molecule has 0 fully saturated rings. The molecule has 232 valence electrons. The Hall–Kier alpha value is -1.86. The summed E-state index contributed by atoms with van der Waals surface area (Å²) < 4.78 is 1.14. The summed E-state index contributed by atoms with van der Waals surface area (Å²) in [6.45, 7) is 3.61. The van der Waals surface area contributed by atoms with E-state index in [-0.39, 0.29) is 54.1 Å². The summed E-state index contributed by atoms with van der Waals surface area (Å²) in [5.41, 5.74) is 1.31. The van der Waals surface area contributed by atoms with Gasteiger partial charge in [0.2, 0.25) is 11.8 Å². The summed E-state index contributed by atoms with van der Waals surface area (Å²) in [5.74, 6) is -4.10. The maximum atomic E-state index is 13.4. The molecule has 17 heteroatoms. The van der Waals surface area contributed by atoms with E-state index in [2.05, 4.69) is 21.3 Å². The first-order valence-electron chi connectivity index (χ1n) is 12.2. The van der Waals surface area contributed by atoms with E-state index >= 15 is 0 Å². The van der Waals surface area contributed by atoms with Crippen molar-refractivity contribution >= 4 is 137 Å². The lowest BCUT2D eigenvalue weighted by molar-refractivity contribution is -0.116. The minimum absolute atomic E-state index is 0.0270. The number of benzene rings is 2. The van der Waals surface area contributed by atoms with Gasteiger partial charge in [-0.3, -0.25) is 24.0 Å². The van der Waals surface area contributed by atoms with Gasteiger partial charge >= 0.3 is 5.97 Å². The lowest BCUT2D eigenvalue weighted by atomic mass is 10.00. The molecule has 43 heavy (non-hydrogen) atoms. The highest BCUT2D eigenvalue weighted by Crippen LogP contribution is 2.37. The molecule has 0 aliphatic carbocycles. The molecule has 0 spiro atoms. The number of nitrogens with zero attached hydrogens (tertiary/aromatic N) is 1. The maximum Gasteiger partial charge on any atom is 0.337 e. The summed E-state index contributed by atoms with van der Waals surface area (Å²) in [7, 11) is 2.97. The van der Waals surface area contributed by atoms with Crippen molar-refractivity contribution in [2.24, 2.45) is 0 Å². The van der Waals surface area contributed by atoms with Gasteiger partial charge < -0.3 is 36.4 Å². The Kier molecular flexibility index (Phi) is 13.8. The summed E-state index contributed by atoms with van der Waals surface area (Å²) in [4.78, 5) is 77.6. The van der Waals surface area contributed by atoms with Gasteiger partial charge in [0.25, 0.3) is 17.7 Å². The van der Waals surface area contributed by atoms with E-state index < -0.39 is 36.1 Å². The van der Waals surface area contributed by atoms with Gasteiger partial charge in [0.05, 0.1) is 53.9 Å². The standard InChI is InChI=1S/C26H27I4N5O8/c1-9-13(24(40)32-6-7-36)18(28)16(26(42)43)19(29)21(9)34-12(38)8-33-25(41)14-10(2)22(35(5)11(3)37)20(30)15(17(14)27)23(39)31-4/h36H,6-8H2,1-5H3,(H,31,39)(H,32,40)(H,33,41)(H,34,38)(H,42,43). The van der Waals surface area contributed by atoms with Crippen LogP contribution >= 0.6 is 90.4 Å². The zero-order chi connectivity index (χ0) is 32.9. The number of aliphatic hydroxyl groups excluding tert-OH is 1. The van der Waals surface area contributed by atoms with Gasteiger partial charge in [-0.05, 0) is 115 Å². The fourth-order valence-electron chi connectivity index (χ4n) is 4.04. The van der Waals surface area contributed by atoms with Crippen molar-refractivity contribution in [2.45, 2.75) is 20.8 Å². The minimum Gasteiger partial charge on any atom is -0.478 e. The van der Waals surface area contributed by atoms with Gasteiger partial charge in [-0.1, -0.05) is 0 Å². The highest BCUT2D eigenvalue weighted by molar-refractivity contribution is 14.1. The van der Waals surface area contributed by atoms with Crippen molar-refractivity contribution in [3.8, 4) is 0 Å².